The van der Waals surface area contributed by atoms with Crippen LogP contribution < -0.4 is 5.32 Å². The molecule has 0 spiro atoms. The lowest BCUT2D eigenvalue weighted by molar-refractivity contribution is 0.0736. The summed E-state index contributed by atoms with van der Waals surface area (Å²) in [4.78, 5) is 31.4. The summed E-state index contributed by atoms with van der Waals surface area (Å²) in [5.74, 6) is -0.231. The zero-order valence-corrected chi connectivity index (χ0v) is 14.1. The molecular weight excluding hydrogens is 320 g/mol. The van der Waals surface area contributed by atoms with E-state index >= 15 is 0 Å². The second-order valence-electron chi connectivity index (χ2n) is 6.74. The van der Waals surface area contributed by atoms with E-state index in [9.17, 15) is 9.59 Å². The molecule has 2 aromatic rings. The van der Waals surface area contributed by atoms with Gasteiger partial charge in [0.1, 0.15) is 5.69 Å². The molecule has 0 radical (unpaired) electrons. The summed E-state index contributed by atoms with van der Waals surface area (Å²) in [5, 5.41) is 9.65. The molecule has 2 amide bonds. The van der Waals surface area contributed by atoms with E-state index in [0.29, 0.717) is 24.5 Å². The van der Waals surface area contributed by atoms with Gasteiger partial charge in [0.2, 0.25) is 0 Å². The molecule has 1 fully saturated rings. The second kappa shape index (κ2) is 6.70. The number of hydrogen-bond acceptors (Lipinski definition) is 4. The SMILES string of the molecule is O=C(NC1CCCC1)c1ncn2c1CN(C(=O)c1ccn[nH]1)CCC2. The number of aryl methyl sites for hydroxylation is 1. The van der Waals surface area contributed by atoms with Crippen LogP contribution in [0.2, 0.25) is 0 Å². The van der Waals surface area contributed by atoms with Crippen molar-refractivity contribution < 1.29 is 9.59 Å². The van der Waals surface area contributed by atoms with Crippen LogP contribution in [0.5, 0.6) is 0 Å². The van der Waals surface area contributed by atoms with E-state index in [1.165, 1.54) is 12.8 Å². The van der Waals surface area contributed by atoms with Gasteiger partial charge in [-0.15, -0.1) is 0 Å². The Hall–Kier alpha value is -2.64. The van der Waals surface area contributed by atoms with Gasteiger partial charge in [-0.1, -0.05) is 12.8 Å². The van der Waals surface area contributed by atoms with Crippen molar-refractivity contribution in [3.8, 4) is 0 Å². The molecule has 8 nitrogen and oxygen atoms in total. The number of nitrogens with zero attached hydrogens (tertiary/aromatic N) is 4. The lowest BCUT2D eigenvalue weighted by Gasteiger charge is -2.20. The Labute approximate surface area is 145 Å². The van der Waals surface area contributed by atoms with E-state index in [4.69, 9.17) is 0 Å². The van der Waals surface area contributed by atoms with E-state index < -0.39 is 0 Å². The van der Waals surface area contributed by atoms with Crippen LogP contribution in [-0.4, -0.2) is 49.0 Å². The maximum Gasteiger partial charge on any atom is 0.272 e. The summed E-state index contributed by atoms with van der Waals surface area (Å²) >= 11 is 0. The molecule has 0 aromatic carbocycles. The first-order chi connectivity index (χ1) is 12.2. The molecule has 2 aromatic heterocycles. The van der Waals surface area contributed by atoms with Crippen molar-refractivity contribution in [3.05, 3.63) is 35.7 Å². The Morgan fingerprint density at radius 3 is 2.80 bits per heavy atom. The van der Waals surface area contributed by atoms with Gasteiger partial charge in [-0.05, 0) is 25.3 Å². The van der Waals surface area contributed by atoms with Crippen LogP contribution in [0.15, 0.2) is 18.6 Å². The van der Waals surface area contributed by atoms with Crippen LogP contribution in [-0.2, 0) is 13.1 Å². The molecule has 1 saturated carbocycles. The van der Waals surface area contributed by atoms with Crippen molar-refractivity contribution in [2.45, 2.75) is 51.2 Å². The average molecular weight is 342 g/mol. The maximum atomic E-state index is 12.6. The normalized spacial score (nSPS) is 18.0. The maximum absolute atomic E-state index is 12.6. The predicted octanol–water partition coefficient (Wildman–Crippen LogP) is 1.32. The van der Waals surface area contributed by atoms with Crippen molar-refractivity contribution in [3.63, 3.8) is 0 Å². The van der Waals surface area contributed by atoms with E-state index in [1.807, 2.05) is 4.57 Å². The van der Waals surface area contributed by atoms with Crippen molar-refractivity contribution in [1.29, 1.82) is 0 Å². The topological polar surface area (TPSA) is 95.9 Å². The first-order valence-corrected chi connectivity index (χ1v) is 8.86. The molecule has 0 saturated heterocycles. The summed E-state index contributed by atoms with van der Waals surface area (Å²) in [7, 11) is 0. The quantitative estimate of drug-likeness (QED) is 0.879. The fourth-order valence-corrected chi connectivity index (χ4v) is 3.69. The highest BCUT2D eigenvalue weighted by Crippen LogP contribution is 2.21. The van der Waals surface area contributed by atoms with Crippen molar-refractivity contribution in [2.75, 3.05) is 6.54 Å². The van der Waals surface area contributed by atoms with E-state index in [2.05, 4.69) is 20.5 Å². The van der Waals surface area contributed by atoms with Gasteiger partial charge >= 0.3 is 0 Å². The molecule has 1 aliphatic heterocycles. The lowest BCUT2D eigenvalue weighted by atomic mass is 10.2. The number of imidazole rings is 1. The zero-order valence-electron chi connectivity index (χ0n) is 14.1. The molecule has 3 heterocycles. The van der Waals surface area contributed by atoms with Crippen molar-refractivity contribution in [2.24, 2.45) is 0 Å². The Kier molecular flexibility index (Phi) is 4.25. The van der Waals surface area contributed by atoms with Gasteiger partial charge in [0, 0.05) is 25.3 Å². The van der Waals surface area contributed by atoms with Gasteiger partial charge in [-0.2, -0.15) is 5.10 Å². The number of H-pyrrole nitrogens is 1. The predicted molar refractivity (Wildman–Crippen MR) is 89.9 cm³/mol. The summed E-state index contributed by atoms with van der Waals surface area (Å²) in [6.45, 7) is 1.78. The molecule has 2 N–H and O–H groups in total. The number of aromatic amines is 1. The number of nitrogens with one attached hydrogen (secondary N) is 2. The van der Waals surface area contributed by atoms with Gasteiger partial charge in [0.05, 0.1) is 18.6 Å². The average Bonchev–Trinajstić information content (AvgIpc) is 3.34. The van der Waals surface area contributed by atoms with E-state index in [1.54, 1.807) is 23.5 Å². The minimum atomic E-state index is -0.128. The number of carbonyl (C=O) groups excluding carboxylic acids is 2. The number of aromatic nitrogens is 4. The highest BCUT2D eigenvalue weighted by Gasteiger charge is 2.27. The van der Waals surface area contributed by atoms with Crippen molar-refractivity contribution >= 4 is 11.8 Å². The third-order valence-corrected chi connectivity index (χ3v) is 5.04. The highest BCUT2D eigenvalue weighted by molar-refractivity contribution is 5.94. The zero-order chi connectivity index (χ0) is 17.2. The Balaban J connectivity index is 1.54. The summed E-state index contributed by atoms with van der Waals surface area (Å²) in [6.07, 6.45) is 8.50. The third kappa shape index (κ3) is 3.16. The van der Waals surface area contributed by atoms with Crippen LogP contribution in [0.3, 0.4) is 0 Å². The molecule has 0 atom stereocenters. The fraction of sp³-hybridized carbons (Fsp3) is 0.529. The standard InChI is InChI=1S/C17H22N6O2/c24-16(20-12-4-1-2-5-12)15-14-10-22(8-3-9-23(14)11-18-15)17(25)13-6-7-19-21-13/h6-7,11-12H,1-5,8-10H2,(H,19,21)(H,20,24). The van der Waals surface area contributed by atoms with Gasteiger partial charge in [-0.3, -0.25) is 14.7 Å². The number of fused-ring (bicyclic) bond motifs is 1. The molecule has 4 rings (SSSR count). The first-order valence-electron chi connectivity index (χ1n) is 8.86. The van der Waals surface area contributed by atoms with Crippen LogP contribution in [0.25, 0.3) is 0 Å². The first kappa shape index (κ1) is 15.9. The minimum absolute atomic E-state index is 0.102. The van der Waals surface area contributed by atoms with Crippen LogP contribution in [0, 0.1) is 0 Å². The minimum Gasteiger partial charge on any atom is -0.348 e. The molecule has 0 unspecified atom stereocenters. The van der Waals surface area contributed by atoms with E-state index in [0.717, 1.165) is 31.5 Å². The summed E-state index contributed by atoms with van der Waals surface area (Å²) in [6, 6.07) is 1.91. The monoisotopic (exact) mass is 342 g/mol. The molecule has 132 valence electrons. The number of amides is 2. The molecule has 25 heavy (non-hydrogen) atoms. The fourth-order valence-electron chi connectivity index (χ4n) is 3.69. The molecule has 2 aliphatic rings. The van der Waals surface area contributed by atoms with Gasteiger partial charge in [0.25, 0.3) is 11.8 Å². The van der Waals surface area contributed by atoms with E-state index in [-0.39, 0.29) is 17.9 Å². The second-order valence-corrected chi connectivity index (χ2v) is 6.74. The summed E-state index contributed by atoms with van der Waals surface area (Å²) in [5.41, 5.74) is 1.71. The van der Waals surface area contributed by atoms with Crippen LogP contribution in [0.4, 0.5) is 0 Å². The summed E-state index contributed by atoms with van der Waals surface area (Å²) < 4.78 is 1.99. The largest absolute Gasteiger partial charge is 0.348 e. The van der Waals surface area contributed by atoms with Crippen LogP contribution in [0.1, 0.15) is 58.8 Å². The van der Waals surface area contributed by atoms with Crippen molar-refractivity contribution in [1.82, 2.24) is 30.0 Å². The number of rotatable bonds is 3. The Morgan fingerprint density at radius 2 is 2.04 bits per heavy atom. The number of hydrogen-bond donors (Lipinski definition) is 2. The van der Waals surface area contributed by atoms with Gasteiger partial charge in [0.15, 0.2) is 5.69 Å². The Morgan fingerprint density at radius 1 is 1.20 bits per heavy atom. The smallest absolute Gasteiger partial charge is 0.272 e. The molecule has 0 bridgehead atoms. The van der Waals surface area contributed by atoms with Gasteiger partial charge < -0.3 is 14.8 Å². The highest BCUT2D eigenvalue weighted by atomic mass is 16.2. The lowest BCUT2D eigenvalue weighted by Crippen LogP contribution is -2.35. The molecule has 1 aliphatic carbocycles. The number of carbonyl (C=O) groups is 2. The molecule has 8 heteroatoms. The van der Waals surface area contributed by atoms with Crippen LogP contribution >= 0.6 is 0 Å². The molecular formula is C17H22N6O2. The Bertz CT molecular complexity index is 760. The third-order valence-electron chi connectivity index (χ3n) is 5.04. The van der Waals surface area contributed by atoms with Gasteiger partial charge in [-0.25, -0.2) is 4.98 Å².